The number of hydrogen-bond acceptors (Lipinski definition) is 5. The van der Waals surface area contributed by atoms with E-state index in [9.17, 15) is 18.8 Å². The van der Waals surface area contributed by atoms with Crippen molar-refractivity contribution in [2.24, 2.45) is 0 Å². The molecule has 1 fully saturated rings. The van der Waals surface area contributed by atoms with Crippen LogP contribution in [-0.4, -0.2) is 85.5 Å². The lowest BCUT2D eigenvalue weighted by Crippen LogP contribution is -2.56. The third-order valence-corrected chi connectivity index (χ3v) is 8.35. The molecule has 2 unspecified atom stereocenters. The van der Waals surface area contributed by atoms with Crippen molar-refractivity contribution < 1.29 is 18.8 Å². The number of amides is 4. The standard InChI is InChI=1S/C35H42FN7O3/c1-5-37-33(44)28-15-10-24(22-41(3)4)20-31(28)39-34(45)32(23(2)29-21-38-30-9-7-6-8-27(29)30)40-35(46)43-18-16-42(17-19-43)26-13-11-25(36)12-14-26/h6-15,20-21,23,32,38H,5,16-19,22H2,1-4H3,(H,37,44)(H,39,45)(H,40,46). The van der Waals surface area contributed by atoms with Crippen LogP contribution in [0.25, 0.3) is 10.9 Å². The number of nitrogens with zero attached hydrogens (tertiary/aromatic N) is 3. The SMILES string of the molecule is CCNC(=O)c1ccc(CN(C)C)cc1NC(=O)C(NC(=O)N1CCN(c2ccc(F)cc2)CC1)C(C)c1c[nH]c2ccccc12. The Labute approximate surface area is 268 Å². The molecule has 11 heteroatoms. The lowest BCUT2D eigenvalue weighted by atomic mass is 9.92. The van der Waals surface area contributed by atoms with Gasteiger partial charge in [0.25, 0.3) is 5.91 Å². The molecule has 242 valence electrons. The van der Waals surface area contributed by atoms with Crippen LogP contribution in [0.4, 0.5) is 20.6 Å². The number of aromatic nitrogens is 1. The van der Waals surface area contributed by atoms with E-state index in [1.807, 2.05) is 75.4 Å². The Bertz CT molecular complexity index is 1680. The maximum atomic E-state index is 14.2. The van der Waals surface area contributed by atoms with Crippen molar-refractivity contribution >= 4 is 40.1 Å². The maximum absolute atomic E-state index is 14.2. The van der Waals surface area contributed by atoms with Crippen LogP contribution < -0.4 is 20.9 Å². The van der Waals surface area contributed by atoms with E-state index in [1.54, 1.807) is 23.1 Å². The van der Waals surface area contributed by atoms with E-state index in [4.69, 9.17) is 0 Å². The Morgan fingerprint density at radius 3 is 2.39 bits per heavy atom. The smallest absolute Gasteiger partial charge is 0.318 e. The summed E-state index contributed by atoms with van der Waals surface area (Å²) in [4.78, 5) is 50.0. The van der Waals surface area contributed by atoms with Gasteiger partial charge in [-0.1, -0.05) is 31.2 Å². The van der Waals surface area contributed by atoms with Gasteiger partial charge < -0.3 is 35.6 Å². The van der Waals surface area contributed by atoms with Gasteiger partial charge in [0.1, 0.15) is 11.9 Å². The Morgan fingerprint density at radius 1 is 0.978 bits per heavy atom. The molecule has 10 nitrogen and oxygen atoms in total. The molecule has 4 aromatic rings. The second-order valence-corrected chi connectivity index (χ2v) is 11.9. The van der Waals surface area contributed by atoms with Crippen LogP contribution in [0.15, 0.2) is 72.9 Å². The summed E-state index contributed by atoms with van der Waals surface area (Å²) < 4.78 is 13.4. The van der Waals surface area contributed by atoms with Crippen LogP contribution in [0.1, 0.15) is 41.3 Å². The highest BCUT2D eigenvalue weighted by Crippen LogP contribution is 2.29. The topological polar surface area (TPSA) is 113 Å². The van der Waals surface area contributed by atoms with Gasteiger partial charge in [-0.2, -0.15) is 0 Å². The summed E-state index contributed by atoms with van der Waals surface area (Å²) in [6.45, 7) is 6.83. The molecule has 4 N–H and O–H groups in total. The molecule has 2 heterocycles. The van der Waals surface area contributed by atoms with Crippen LogP contribution in [0.3, 0.4) is 0 Å². The zero-order valence-electron chi connectivity index (χ0n) is 26.8. The minimum atomic E-state index is -0.957. The highest BCUT2D eigenvalue weighted by atomic mass is 19.1. The Balaban J connectivity index is 1.40. The Kier molecular flexibility index (Phi) is 10.2. The lowest BCUT2D eigenvalue weighted by Gasteiger charge is -2.37. The molecular formula is C35H42FN7O3. The van der Waals surface area contributed by atoms with Gasteiger partial charge in [-0.3, -0.25) is 9.59 Å². The number of anilines is 2. The fourth-order valence-electron chi connectivity index (χ4n) is 5.93. The van der Waals surface area contributed by atoms with Gasteiger partial charge in [0, 0.05) is 68.0 Å². The fourth-order valence-corrected chi connectivity index (χ4v) is 5.93. The summed E-state index contributed by atoms with van der Waals surface area (Å²) in [5.41, 5.74) is 4.38. The summed E-state index contributed by atoms with van der Waals surface area (Å²) in [5, 5.41) is 9.81. The third kappa shape index (κ3) is 7.48. The molecule has 4 amide bonds. The molecule has 2 atom stereocenters. The normalized spacial score (nSPS) is 14.7. The number of carbonyl (C=O) groups excluding carboxylic acids is 3. The molecule has 0 spiro atoms. The first kappa shape index (κ1) is 32.5. The number of rotatable bonds is 10. The largest absolute Gasteiger partial charge is 0.368 e. The van der Waals surface area contributed by atoms with Crippen molar-refractivity contribution in [2.45, 2.75) is 32.4 Å². The summed E-state index contributed by atoms with van der Waals surface area (Å²) >= 11 is 0. The predicted octanol–water partition coefficient (Wildman–Crippen LogP) is 4.76. The van der Waals surface area contributed by atoms with Crippen LogP contribution in [0, 0.1) is 5.82 Å². The van der Waals surface area contributed by atoms with Crippen LogP contribution in [0.2, 0.25) is 0 Å². The molecule has 3 aromatic carbocycles. The first-order chi connectivity index (χ1) is 22.1. The van der Waals surface area contributed by atoms with Gasteiger partial charge in [0.05, 0.1) is 11.3 Å². The third-order valence-electron chi connectivity index (χ3n) is 8.35. The van der Waals surface area contributed by atoms with Gasteiger partial charge in [-0.25, -0.2) is 9.18 Å². The van der Waals surface area contributed by atoms with Crippen molar-refractivity contribution in [2.75, 3.05) is 57.0 Å². The average molecular weight is 628 g/mol. The molecule has 0 saturated carbocycles. The number of para-hydroxylation sites is 1. The van der Waals surface area contributed by atoms with E-state index in [-0.39, 0.29) is 17.8 Å². The van der Waals surface area contributed by atoms with Crippen LogP contribution in [-0.2, 0) is 11.3 Å². The quantitative estimate of drug-likeness (QED) is 0.203. The molecule has 46 heavy (non-hydrogen) atoms. The zero-order valence-corrected chi connectivity index (χ0v) is 26.8. The van der Waals surface area contributed by atoms with Gasteiger partial charge in [-0.15, -0.1) is 0 Å². The molecule has 5 rings (SSSR count). The number of urea groups is 1. The predicted molar refractivity (Wildman–Crippen MR) is 180 cm³/mol. The molecule has 0 aliphatic carbocycles. The van der Waals surface area contributed by atoms with Crippen LogP contribution >= 0.6 is 0 Å². The van der Waals surface area contributed by atoms with E-state index >= 15 is 0 Å². The van der Waals surface area contributed by atoms with Gasteiger partial charge in [0.2, 0.25) is 5.91 Å². The number of aromatic amines is 1. The number of fused-ring (bicyclic) bond motifs is 1. The summed E-state index contributed by atoms with van der Waals surface area (Å²) in [6, 6.07) is 18.3. The van der Waals surface area contributed by atoms with Crippen molar-refractivity contribution in [3.8, 4) is 0 Å². The number of H-pyrrole nitrogens is 1. The van der Waals surface area contributed by atoms with E-state index in [1.165, 1.54) is 12.1 Å². The summed E-state index contributed by atoms with van der Waals surface area (Å²) in [6.07, 6.45) is 1.88. The van der Waals surface area contributed by atoms with Crippen molar-refractivity contribution in [1.82, 2.24) is 25.4 Å². The highest BCUT2D eigenvalue weighted by molar-refractivity contribution is 6.06. The molecule has 0 bridgehead atoms. The fraction of sp³-hybridized carbons (Fsp3) is 0.343. The number of nitrogens with one attached hydrogen (secondary N) is 4. The highest BCUT2D eigenvalue weighted by Gasteiger charge is 2.33. The van der Waals surface area contributed by atoms with Crippen molar-refractivity contribution in [3.05, 3.63) is 95.4 Å². The monoisotopic (exact) mass is 627 g/mol. The minimum Gasteiger partial charge on any atom is -0.368 e. The molecule has 0 radical (unpaired) electrons. The van der Waals surface area contributed by atoms with Gasteiger partial charge in [0.15, 0.2) is 0 Å². The molecule has 1 aliphatic heterocycles. The van der Waals surface area contributed by atoms with Crippen molar-refractivity contribution in [3.63, 3.8) is 0 Å². The zero-order chi connectivity index (χ0) is 32.8. The first-order valence-electron chi connectivity index (χ1n) is 15.6. The van der Waals surface area contributed by atoms with E-state index < -0.39 is 17.9 Å². The number of hydrogen-bond donors (Lipinski definition) is 4. The Hall–Kier alpha value is -4.90. The number of halogens is 1. The number of carbonyl (C=O) groups is 3. The minimum absolute atomic E-state index is 0.293. The molecule has 1 aromatic heterocycles. The van der Waals surface area contributed by atoms with Crippen molar-refractivity contribution in [1.29, 1.82) is 0 Å². The molecule has 1 aliphatic rings. The molecule has 1 saturated heterocycles. The number of piperazine rings is 1. The maximum Gasteiger partial charge on any atom is 0.318 e. The second kappa shape index (κ2) is 14.5. The Morgan fingerprint density at radius 2 is 1.70 bits per heavy atom. The molecular weight excluding hydrogens is 585 g/mol. The van der Waals surface area contributed by atoms with E-state index in [0.717, 1.165) is 27.7 Å². The van der Waals surface area contributed by atoms with Gasteiger partial charge in [-0.05, 0) is 74.6 Å². The second-order valence-electron chi connectivity index (χ2n) is 11.9. The van der Waals surface area contributed by atoms with E-state index in [0.29, 0.717) is 50.5 Å². The summed E-state index contributed by atoms with van der Waals surface area (Å²) in [7, 11) is 3.90. The van der Waals surface area contributed by atoms with E-state index in [2.05, 4.69) is 25.8 Å². The average Bonchev–Trinajstić information content (AvgIpc) is 3.48. The van der Waals surface area contributed by atoms with Crippen LogP contribution in [0.5, 0.6) is 0 Å². The summed E-state index contributed by atoms with van der Waals surface area (Å²) in [5.74, 6) is -1.43. The lowest BCUT2D eigenvalue weighted by molar-refractivity contribution is -0.118. The number of benzene rings is 3. The first-order valence-corrected chi connectivity index (χ1v) is 15.6. The van der Waals surface area contributed by atoms with Gasteiger partial charge >= 0.3 is 6.03 Å².